The summed E-state index contributed by atoms with van der Waals surface area (Å²) in [7, 11) is 1.58. The van der Waals surface area contributed by atoms with Crippen molar-refractivity contribution in [2.45, 2.75) is 26.1 Å². The first-order valence-electron chi connectivity index (χ1n) is 9.32. The molecule has 5 nitrogen and oxygen atoms in total. The Hall–Kier alpha value is -3.03. The van der Waals surface area contributed by atoms with Crippen molar-refractivity contribution in [3.63, 3.8) is 0 Å². The number of halogens is 3. The lowest BCUT2D eigenvalue weighted by atomic mass is 10.1. The molecule has 0 bridgehead atoms. The summed E-state index contributed by atoms with van der Waals surface area (Å²) in [6.07, 6.45) is -3.76. The van der Waals surface area contributed by atoms with E-state index in [0.717, 1.165) is 23.3 Å². The fourth-order valence-electron chi connectivity index (χ4n) is 2.65. The lowest BCUT2D eigenvalue weighted by Crippen LogP contribution is -2.38. The van der Waals surface area contributed by atoms with Gasteiger partial charge in [-0.05, 0) is 48.7 Å². The second-order valence-corrected chi connectivity index (χ2v) is 6.35. The van der Waals surface area contributed by atoms with Gasteiger partial charge in [0.05, 0.1) is 12.1 Å². The summed E-state index contributed by atoms with van der Waals surface area (Å²) in [6, 6.07) is 12.4. The number of amides is 1. The van der Waals surface area contributed by atoms with Gasteiger partial charge in [0, 0.05) is 25.7 Å². The summed E-state index contributed by atoms with van der Waals surface area (Å²) in [4.78, 5) is 16.2. The number of hydrogen-bond acceptors (Lipinski definition) is 2. The molecule has 0 unspecified atom stereocenters. The van der Waals surface area contributed by atoms with E-state index in [1.165, 1.54) is 12.1 Å². The van der Waals surface area contributed by atoms with Crippen LogP contribution >= 0.6 is 0 Å². The highest BCUT2D eigenvalue weighted by molar-refractivity contribution is 5.94. The van der Waals surface area contributed by atoms with Gasteiger partial charge in [-0.1, -0.05) is 24.3 Å². The molecule has 0 aliphatic rings. The Morgan fingerprint density at radius 3 is 2.38 bits per heavy atom. The molecule has 0 aliphatic heterocycles. The highest BCUT2D eigenvalue weighted by Crippen LogP contribution is 2.29. The molecule has 0 radical (unpaired) electrons. The first-order chi connectivity index (χ1) is 13.8. The van der Waals surface area contributed by atoms with Crippen LogP contribution in [0, 0.1) is 0 Å². The van der Waals surface area contributed by atoms with Gasteiger partial charge >= 0.3 is 6.18 Å². The molecular weight excluding hydrogens is 381 g/mol. The number of nitrogens with zero attached hydrogens (tertiary/aromatic N) is 1. The number of carbonyl (C=O) groups is 1. The van der Waals surface area contributed by atoms with Crippen molar-refractivity contribution in [2.75, 3.05) is 20.1 Å². The van der Waals surface area contributed by atoms with Crippen molar-refractivity contribution >= 4 is 11.9 Å². The Morgan fingerprint density at radius 1 is 1.03 bits per heavy atom. The summed E-state index contributed by atoms with van der Waals surface area (Å²) < 4.78 is 37.9. The lowest BCUT2D eigenvalue weighted by Gasteiger charge is -2.12. The number of aliphatic imine (C=N–C) groups is 1. The van der Waals surface area contributed by atoms with Gasteiger partial charge in [0.2, 0.25) is 0 Å². The van der Waals surface area contributed by atoms with Gasteiger partial charge in [0.25, 0.3) is 5.91 Å². The molecular formula is C21H25F3N4O. The molecule has 0 atom stereocenters. The highest BCUT2D eigenvalue weighted by atomic mass is 19.4. The maximum absolute atomic E-state index is 12.6. The topological polar surface area (TPSA) is 65.5 Å². The van der Waals surface area contributed by atoms with Crippen LogP contribution in [0.15, 0.2) is 53.5 Å². The molecule has 0 saturated heterocycles. The van der Waals surface area contributed by atoms with E-state index >= 15 is 0 Å². The monoisotopic (exact) mass is 406 g/mol. The van der Waals surface area contributed by atoms with Gasteiger partial charge in [-0.25, -0.2) is 4.99 Å². The number of carbonyl (C=O) groups excluding carboxylic acids is 1. The zero-order valence-electron chi connectivity index (χ0n) is 16.4. The smallest absolute Gasteiger partial charge is 0.357 e. The fourth-order valence-corrected chi connectivity index (χ4v) is 2.65. The number of nitrogens with one attached hydrogen (secondary N) is 3. The Morgan fingerprint density at radius 2 is 1.76 bits per heavy atom. The molecule has 0 aromatic heterocycles. The number of rotatable bonds is 7. The summed E-state index contributed by atoms with van der Waals surface area (Å²) in [5.41, 5.74) is 1.62. The van der Waals surface area contributed by atoms with Gasteiger partial charge in [-0.3, -0.25) is 4.79 Å². The van der Waals surface area contributed by atoms with Gasteiger partial charge < -0.3 is 16.0 Å². The van der Waals surface area contributed by atoms with Crippen LogP contribution in [0.3, 0.4) is 0 Å². The summed E-state index contributed by atoms with van der Waals surface area (Å²) in [6.45, 7) is 3.53. The third-order valence-corrected chi connectivity index (χ3v) is 4.17. The molecule has 2 aromatic carbocycles. The van der Waals surface area contributed by atoms with Crippen LogP contribution in [-0.4, -0.2) is 32.0 Å². The fraction of sp³-hybridized carbons (Fsp3) is 0.333. The summed E-state index contributed by atoms with van der Waals surface area (Å²) >= 11 is 0. The van der Waals surface area contributed by atoms with Crippen molar-refractivity contribution in [1.29, 1.82) is 0 Å². The van der Waals surface area contributed by atoms with Gasteiger partial charge in [-0.2, -0.15) is 13.2 Å². The van der Waals surface area contributed by atoms with Crippen LogP contribution in [0.5, 0.6) is 0 Å². The number of benzene rings is 2. The minimum Gasteiger partial charge on any atom is -0.357 e. The van der Waals surface area contributed by atoms with Gasteiger partial charge in [0.15, 0.2) is 5.96 Å². The average molecular weight is 406 g/mol. The van der Waals surface area contributed by atoms with Crippen molar-refractivity contribution in [2.24, 2.45) is 4.99 Å². The van der Waals surface area contributed by atoms with E-state index in [-0.39, 0.29) is 5.91 Å². The maximum Gasteiger partial charge on any atom is 0.416 e. The van der Waals surface area contributed by atoms with Crippen LogP contribution in [-0.2, 0) is 19.1 Å². The van der Waals surface area contributed by atoms with E-state index in [9.17, 15) is 18.0 Å². The van der Waals surface area contributed by atoms with Gasteiger partial charge in [-0.15, -0.1) is 0 Å². The Balaban J connectivity index is 1.93. The Labute approximate surface area is 168 Å². The minimum absolute atomic E-state index is 0.155. The largest absolute Gasteiger partial charge is 0.416 e. The molecule has 8 heteroatoms. The van der Waals surface area contributed by atoms with Crippen LogP contribution < -0.4 is 16.0 Å². The van der Waals surface area contributed by atoms with Crippen molar-refractivity contribution in [1.82, 2.24) is 16.0 Å². The molecule has 156 valence electrons. The Kier molecular flexibility index (Phi) is 8.06. The number of guanidine groups is 1. The molecule has 0 fully saturated rings. The minimum atomic E-state index is -4.32. The van der Waals surface area contributed by atoms with E-state index in [1.807, 2.05) is 13.0 Å². The molecule has 0 aliphatic carbocycles. The standard InChI is InChI=1S/C21H25F3N4O/c1-3-26-20(28-14-16-5-4-6-17(13-16)19(29)25-2)27-12-11-15-7-9-18(10-8-15)21(22,23)24/h4-10,13H,3,11-12,14H2,1-2H3,(H,25,29)(H2,26,27,28). The summed E-state index contributed by atoms with van der Waals surface area (Å²) in [5, 5.41) is 8.88. The second-order valence-electron chi connectivity index (χ2n) is 6.35. The molecule has 2 aromatic rings. The molecule has 29 heavy (non-hydrogen) atoms. The number of alkyl halides is 3. The van der Waals surface area contributed by atoms with Crippen LogP contribution in [0.2, 0.25) is 0 Å². The first-order valence-corrected chi connectivity index (χ1v) is 9.32. The van der Waals surface area contributed by atoms with Crippen LogP contribution in [0.4, 0.5) is 13.2 Å². The molecule has 2 rings (SSSR count). The zero-order chi connectivity index (χ0) is 21.3. The van der Waals surface area contributed by atoms with E-state index < -0.39 is 11.7 Å². The van der Waals surface area contributed by atoms with E-state index in [1.54, 1.807) is 25.2 Å². The molecule has 1 amide bonds. The van der Waals surface area contributed by atoms with Crippen LogP contribution in [0.1, 0.15) is 34.0 Å². The second kappa shape index (κ2) is 10.5. The molecule has 0 spiro atoms. The van der Waals surface area contributed by atoms with Crippen molar-refractivity contribution in [3.05, 3.63) is 70.8 Å². The number of hydrogen-bond donors (Lipinski definition) is 3. The normalized spacial score (nSPS) is 11.8. The molecule has 0 saturated carbocycles. The zero-order valence-corrected chi connectivity index (χ0v) is 16.4. The summed E-state index contributed by atoms with van der Waals surface area (Å²) in [5.74, 6) is 0.446. The van der Waals surface area contributed by atoms with Gasteiger partial charge in [0.1, 0.15) is 0 Å². The third kappa shape index (κ3) is 7.14. The van der Waals surface area contributed by atoms with Crippen molar-refractivity contribution in [3.8, 4) is 0 Å². The first kappa shape index (κ1) is 22.3. The Bertz CT molecular complexity index is 833. The predicted molar refractivity (Wildman–Crippen MR) is 108 cm³/mol. The van der Waals surface area contributed by atoms with E-state index in [2.05, 4.69) is 20.9 Å². The maximum atomic E-state index is 12.6. The third-order valence-electron chi connectivity index (χ3n) is 4.17. The SMILES string of the molecule is CCNC(=NCc1cccc(C(=O)NC)c1)NCCc1ccc(C(F)(F)F)cc1. The quantitative estimate of drug-likeness (QED) is 0.488. The van der Waals surface area contributed by atoms with E-state index in [0.29, 0.717) is 37.6 Å². The van der Waals surface area contributed by atoms with Crippen molar-refractivity contribution < 1.29 is 18.0 Å². The van der Waals surface area contributed by atoms with Crippen LogP contribution in [0.25, 0.3) is 0 Å². The highest BCUT2D eigenvalue weighted by Gasteiger charge is 2.29. The average Bonchev–Trinajstić information content (AvgIpc) is 2.71. The molecule has 3 N–H and O–H groups in total. The van der Waals surface area contributed by atoms with E-state index in [4.69, 9.17) is 0 Å². The predicted octanol–water partition coefficient (Wildman–Crippen LogP) is 3.36. The molecule has 0 heterocycles. The lowest BCUT2D eigenvalue weighted by molar-refractivity contribution is -0.137.